The van der Waals surface area contributed by atoms with Gasteiger partial charge in [0.15, 0.2) is 16.6 Å². The van der Waals surface area contributed by atoms with Crippen LogP contribution in [0, 0.1) is 0 Å². The van der Waals surface area contributed by atoms with Gasteiger partial charge in [0, 0.05) is 11.5 Å². The van der Waals surface area contributed by atoms with Crippen LogP contribution in [0.1, 0.15) is 19.8 Å². The monoisotopic (exact) mass is 322 g/mol. The third kappa shape index (κ3) is 4.74. The van der Waals surface area contributed by atoms with E-state index >= 15 is 0 Å². The smallest absolute Gasteiger partial charge is 0.336 e. The lowest BCUT2D eigenvalue weighted by molar-refractivity contribution is 0.357. The highest BCUT2D eigenvalue weighted by molar-refractivity contribution is 6.28. The highest BCUT2D eigenvalue weighted by Crippen LogP contribution is 2.24. The minimum Gasteiger partial charge on any atom is -0.486 e. The number of benzene rings is 1. The van der Waals surface area contributed by atoms with E-state index in [1.165, 1.54) is 12.1 Å². The van der Waals surface area contributed by atoms with Crippen molar-refractivity contribution >= 4 is 22.6 Å². The Balaban J connectivity index is 2.01. The summed E-state index contributed by atoms with van der Waals surface area (Å²) < 4.78 is 23.2. The summed E-state index contributed by atoms with van der Waals surface area (Å²) in [4.78, 5) is 11.3. The third-order valence-electron chi connectivity index (χ3n) is 3.12. The Bertz CT molecular complexity index is 758. The number of hydrogen-bond donors (Lipinski definition) is 0. The van der Waals surface area contributed by atoms with Crippen molar-refractivity contribution in [3.05, 3.63) is 63.8 Å². The molecule has 0 unspecified atom stereocenters. The Labute approximate surface area is 132 Å². The zero-order chi connectivity index (χ0) is 15.9. The average Bonchev–Trinajstić information content (AvgIpc) is 2.47. The molecule has 0 aliphatic carbocycles. The van der Waals surface area contributed by atoms with Crippen LogP contribution in [-0.2, 0) is 0 Å². The van der Waals surface area contributed by atoms with E-state index < -0.39 is 10.9 Å². The molecule has 0 amide bonds. The molecule has 0 aliphatic heterocycles. The quantitative estimate of drug-likeness (QED) is 0.558. The molecule has 0 fully saturated rings. The summed E-state index contributed by atoms with van der Waals surface area (Å²) in [5.41, 5.74) is 1.09. The van der Waals surface area contributed by atoms with Crippen molar-refractivity contribution in [3.8, 4) is 5.75 Å². The summed E-state index contributed by atoms with van der Waals surface area (Å²) in [7, 11) is 0. The molecule has 116 valence electrons. The van der Waals surface area contributed by atoms with Crippen molar-refractivity contribution < 1.29 is 13.5 Å². The number of para-hydroxylation sites is 1. The van der Waals surface area contributed by atoms with E-state index in [1.54, 1.807) is 12.1 Å². The van der Waals surface area contributed by atoms with Crippen LogP contribution in [0.3, 0.4) is 0 Å². The van der Waals surface area contributed by atoms with E-state index in [4.69, 9.17) is 20.8 Å². The van der Waals surface area contributed by atoms with Crippen LogP contribution in [-0.4, -0.2) is 6.61 Å². The topological polar surface area (TPSA) is 39.4 Å². The molecule has 0 saturated heterocycles. The fraction of sp³-hybridized carbons (Fsp3) is 0.235. The SMILES string of the molecule is C/C(=C\COc1cccc2ccc(=O)oc12)CC/C=C(/F)Cl. The second-order valence-electron chi connectivity index (χ2n) is 4.82. The number of allylic oxidation sites excluding steroid dienone is 2. The predicted octanol–water partition coefficient (Wildman–Crippen LogP) is 4.95. The third-order valence-corrected chi connectivity index (χ3v) is 3.27. The molecule has 22 heavy (non-hydrogen) atoms. The lowest BCUT2D eigenvalue weighted by Gasteiger charge is -2.06. The maximum absolute atomic E-state index is 12.4. The van der Waals surface area contributed by atoms with E-state index in [0.29, 0.717) is 30.8 Å². The Kier molecular flexibility index (Phi) is 5.78. The summed E-state index contributed by atoms with van der Waals surface area (Å²) >= 11 is 5.13. The van der Waals surface area contributed by atoms with Crippen LogP contribution in [0.25, 0.3) is 11.0 Å². The van der Waals surface area contributed by atoms with E-state index in [0.717, 1.165) is 11.0 Å². The molecule has 0 spiro atoms. The van der Waals surface area contributed by atoms with Crippen LogP contribution >= 0.6 is 11.6 Å². The Morgan fingerprint density at radius 1 is 1.32 bits per heavy atom. The predicted molar refractivity (Wildman–Crippen MR) is 86.0 cm³/mol. The van der Waals surface area contributed by atoms with E-state index in [9.17, 15) is 9.18 Å². The van der Waals surface area contributed by atoms with Gasteiger partial charge in [-0.1, -0.05) is 29.3 Å². The number of fused-ring (bicyclic) bond motifs is 1. The van der Waals surface area contributed by atoms with E-state index in [1.807, 2.05) is 25.1 Å². The maximum Gasteiger partial charge on any atom is 0.336 e. The first-order chi connectivity index (χ1) is 10.6. The van der Waals surface area contributed by atoms with Crippen molar-refractivity contribution in [2.45, 2.75) is 19.8 Å². The molecule has 2 rings (SSSR count). The van der Waals surface area contributed by atoms with Crippen LogP contribution in [0.5, 0.6) is 5.75 Å². The molecule has 1 heterocycles. The molecule has 1 aromatic carbocycles. The van der Waals surface area contributed by atoms with Gasteiger partial charge in [0.1, 0.15) is 6.61 Å². The standard InChI is InChI=1S/C17H16ClFO3/c1-12(4-2-7-15(18)19)10-11-21-14-6-3-5-13-8-9-16(20)22-17(13)14/h3,5-10H,2,4,11H2,1H3/b12-10+,15-7+. The second-order valence-corrected chi connectivity index (χ2v) is 5.18. The Morgan fingerprint density at radius 2 is 2.14 bits per heavy atom. The fourth-order valence-corrected chi connectivity index (χ4v) is 2.07. The maximum atomic E-state index is 12.4. The van der Waals surface area contributed by atoms with Gasteiger partial charge in [-0.3, -0.25) is 0 Å². The number of halogens is 2. The Morgan fingerprint density at radius 3 is 2.91 bits per heavy atom. The van der Waals surface area contributed by atoms with Crippen LogP contribution in [0.15, 0.2) is 62.6 Å². The molecule has 0 atom stereocenters. The van der Waals surface area contributed by atoms with Gasteiger partial charge in [-0.25, -0.2) is 4.79 Å². The molecule has 0 aliphatic rings. The van der Waals surface area contributed by atoms with Gasteiger partial charge in [0.25, 0.3) is 0 Å². The van der Waals surface area contributed by atoms with Gasteiger partial charge in [-0.2, -0.15) is 4.39 Å². The van der Waals surface area contributed by atoms with Crippen LogP contribution < -0.4 is 10.4 Å². The van der Waals surface area contributed by atoms with Gasteiger partial charge in [0.2, 0.25) is 0 Å². The molecule has 1 aromatic heterocycles. The zero-order valence-corrected chi connectivity index (χ0v) is 12.9. The highest BCUT2D eigenvalue weighted by atomic mass is 35.5. The second kappa shape index (κ2) is 7.80. The molecule has 0 N–H and O–H groups in total. The van der Waals surface area contributed by atoms with Gasteiger partial charge in [-0.05, 0) is 44.1 Å². The van der Waals surface area contributed by atoms with Crippen LogP contribution in [0.2, 0.25) is 0 Å². The summed E-state index contributed by atoms with van der Waals surface area (Å²) in [6.07, 6.45) is 4.48. The average molecular weight is 323 g/mol. The summed E-state index contributed by atoms with van der Waals surface area (Å²) in [6.45, 7) is 2.28. The molecule has 0 bridgehead atoms. The lowest BCUT2D eigenvalue weighted by atomic mass is 10.1. The minimum atomic E-state index is -0.685. The van der Waals surface area contributed by atoms with Crippen molar-refractivity contribution in [1.29, 1.82) is 0 Å². The summed E-state index contributed by atoms with van der Waals surface area (Å²) in [6, 6.07) is 8.50. The number of rotatable bonds is 6. The van der Waals surface area contributed by atoms with Crippen molar-refractivity contribution in [3.63, 3.8) is 0 Å². The lowest BCUT2D eigenvalue weighted by Crippen LogP contribution is -1.99. The van der Waals surface area contributed by atoms with Gasteiger partial charge in [-0.15, -0.1) is 0 Å². The van der Waals surface area contributed by atoms with E-state index in [2.05, 4.69) is 0 Å². The normalized spacial score (nSPS) is 12.7. The largest absolute Gasteiger partial charge is 0.486 e. The minimum absolute atomic E-state index is 0.344. The fourth-order valence-electron chi connectivity index (χ4n) is 1.96. The first-order valence-corrected chi connectivity index (χ1v) is 7.26. The summed E-state index contributed by atoms with van der Waals surface area (Å²) in [5.74, 6) is 0.519. The van der Waals surface area contributed by atoms with Gasteiger partial charge >= 0.3 is 5.63 Å². The molecule has 0 radical (unpaired) electrons. The molecule has 5 heteroatoms. The van der Waals surface area contributed by atoms with Crippen molar-refractivity contribution in [1.82, 2.24) is 0 Å². The van der Waals surface area contributed by atoms with E-state index in [-0.39, 0.29) is 0 Å². The number of hydrogen-bond acceptors (Lipinski definition) is 3. The Hall–Kier alpha value is -2.07. The highest BCUT2D eigenvalue weighted by Gasteiger charge is 2.04. The summed E-state index contributed by atoms with van der Waals surface area (Å²) in [5, 5.41) is 0.121. The molecular formula is C17H16ClFO3. The molecule has 0 saturated carbocycles. The first-order valence-electron chi connectivity index (χ1n) is 6.89. The zero-order valence-electron chi connectivity index (χ0n) is 12.1. The first kappa shape index (κ1) is 16.3. The van der Waals surface area contributed by atoms with Gasteiger partial charge < -0.3 is 9.15 Å². The molecular weight excluding hydrogens is 307 g/mol. The van der Waals surface area contributed by atoms with Crippen LogP contribution in [0.4, 0.5) is 4.39 Å². The van der Waals surface area contributed by atoms with Crippen molar-refractivity contribution in [2.24, 2.45) is 0 Å². The number of ether oxygens (including phenoxy) is 1. The van der Waals surface area contributed by atoms with Gasteiger partial charge in [0.05, 0.1) is 0 Å². The molecule has 2 aromatic rings. The molecule has 3 nitrogen and oxygen atoms in total. The van der Waals surface area contributed by atoms with Crippen molar-refractivity contribution in [2.75, 3.05) is 6.61 Å².